The third kappa shape index (κ3) is 15.3. The second-order valence-corrected chi connectivity index (χ2v) is 6.86. The summed E-state index contributed by atoms with van der Waals surface area (Å²) in [5.74, 6) is -1.83. The van der Waals surface area contributed by atoms with Gasteiger partial charge in [0, 0.05) is 27.0 Å². The maximum absolute atomic E-state index is 11.8. The first-order valence-corrected chi connectivity index (χ1v) is 9.27. The third-order valence-electron chi connectivity index (χ3n) is 3.48. The van der Waals surface area contributed by atoms with Crippen LogP contribution in [-0.4, -0.2) is 74.1 Å². The van der Waals surface area contributed by atoms with Crippen molar-refractivity contribution in [1.82, 2.24) is 5.32 Å². The number of aliphatic carboxylic acids is 1. The minimum atomic E-state index is -1.23. The number of nitrogens with one attached hydrogen (secondary N) is 1. The van der Waals surface area contributed by atoms with Crippen LogP contribution in [0.1, 0.15) is 33.6 Å². The molecule has 13 nitrogen and oxygen atoms in total. The second kappa shape index (κ2) is 15.2. The number of hydrogen-bond donors (Lipinski definition) is 2. The molecular formula is C17H30N2O11. The van der Waals surface area contributed by atoms with Crippen molar-refractivity contribution >= 4 is 18.0 Å². The number of hydrogen-bond acceptors (Lipinski definition) is 10. The monoisotopic (exact) mass is 438 g/mol. The predicted octanol–water partition coefficient (Wildman–Crippen LogP) is 0.979. The average molecular weight is 438 g/mol. The summed E-state index contributed by atoms with van der Waals surface area (Å²) in [6.07, 6.45) is -2.59. The van der Waals surface area contributed by atoms with Crippen molar-refractivity contribution in [3.8, 4) is 0 Å². The molecule has 0 aromatic carbocycles. The van der Waals surface area contributed by atoms with E-state index in [9.17, 15) is 24.5 Å². The zero-order chi connectivity index (χ0) is 23.1. The molecule has 0 aliphatic carbocycles. The summed E-state index contributed by atoms with van der Waals surface area (Å²) in [5, 5.41) is 20.7. The Morgan fingerprint density at radius 3 is 2.33 bits per heavy atom. The van der Waals surface area contributed by atoms with E-state index in [1.165, 1.54) is 14.0 Å². The summed E-state index contributed by atoms with van der Waals surface area (Å²) in [5.41, 5.74) is 0. The average Bonchev–Trinajstić information content (AvgIpc) is 2.58. The number of esters is 1. The lowest BCUT2D eigenvalue weighted by Gasteiger charge is -2.19. The largest absolute Gasteiger partial charge is 0.481 e. The van der Waals surface area contributed by atoms with E-state index < -0.39 is 42.1 Å². The molecular weight excluding hydrogens is 408 g/mol. The van der Waals surface area contributed by atoms with Gasteiger partial charge in [-0.1, -0.05) is 13.8 Å². The fourth-order valence-electron chi connectivity index (χ4n) is 2.51. The molecule has 0 radical (unpaired) electrons. The number of alkyl carbamates (subject to hydrolysis) is 1. The summed E-state index contributed by atoms with van der Waals surface area (Å²) in [6, 6.07) is 0. The van der Waals surface area contributed by atoms with Gasteiger partial charge in [-0.05, 0) is 18.3 Å². The highest BCUT2D eigenvalue weighted by atomic mass is 17.0. The molecule has 0 spiro atoms. The molecule has 0 aliphatic rings. The molecule has 0 saturated heterocycles. The fourth-order valence-corrected chi connectivity index (χ4v) is 2.51. The Labute approximate surface area is 174 Å². The zero-order valence-corrected chi connectivity index (χ0v) is 17.5. The first kappa shape index (κ1) is 27.3. The first-order valence-electron chi connectivity index (χ1n) is 9.27. The highest BCUT2D eigenvalue weighted by Gasteiger charge is 2.19. The van der Waals surface area contributed by atoms with E-state index in [0.717, 1.165) is 0 Å². The van der Waals surface area contributed by atoms with Gasteiger partial charge in [-0.25, -0.2) is 9.59 Å². The van der Waals surface area contributed by atoms with Crippen LogP contribution in [-0.2, 0) is 33.4 Å². The molecule has 1 unspecified atom stereocenters. The number of nitrogens with zero attached hydrogens (tertiary/aromatic N) is 1. The molecule has 0 saturated carbocycles. The van der Waals surface area contributed by atoms with Crippen LogP contribution in [0.2, 0.25) is 0 Å². The Morgan fingerprint density at radius 1 is 1.13 bits per heavy atom. The van der Waals surface area contributed by atoms with Crippen LogP contribution < -0.4 is 5.32 Å². The maximum atomic E-state index is 11.8. The van der Waals surface area contributed by atoms with Crippen molar-refractivity contribution in [3.63, 3.8) is 0 Å². The van der Waals surface area contributed by atoms with E-state index >= 15 is 0 Å². The molecule has 0 bridgehead atoms. The van der Waals surface area contributed by atoms with E-state index in [0.29, 0.717) is 6.42 Å². The van der Waals surface area contributed by atoms with Crippen LogP contribution in [0.15, 0.2) is 0 Å². The number of ether oxygens (including phenoxy) is 4. The van der Waals surface area contributed by atoms with E-state index in [1.807, 2.05) is 13.8 Å². The van der Waals surface area contributed by atoms with E-state index in [2.05, 4.69) is 10.2 Å². The van der Waals surface area contributed by atoms with Crippen LogP contribution in [0, 0.1) is 22.0 Å². The molecule has 174 valence electrons. The summed E-state index contributed by atoms with van der Waals surface area (Å²) in [6.45, 7) is 4.34. The second-order valence-electron chi connectivity index (χ2n) is 6.86. The highest BCUT2D eigenvalue weighted by Crippen LogP contribution is 2.14. The lowest BCUT2D eigenvalue weighted by Crippen LogP contribution is -2.35. The Kier molecular flexibility index (Phi) is 13.9. The smallest absolute Gasteiger partial charge is 0.410 e. The quantitative estimate of drug-likeness (QED) is 0.152. The van der Waals surface area contributed by atoms with Gasteiger partial charge >= 0.3 is 18.0 Å². The van der Waals surface area contributed by atoms with Gasteiger partial charge in [-0.2, -0.15) is 0 Å². The van der Waals surface area contributed by atoms with Crippen molar-refractivity contribution in [1.29, 1.82) is 0 Å². The Bertz CT molecular complexity index is 556. The van der Waals surface area contributed by atoms with Crippen LogP contribution in [0.5, 0.6) is 0 Å². The Balaban J connectivity index is 4.23. The van der Waals surface area contributed by atoms with Crippen molar-refractivity contribution in [2.75, 3.05) is 33.5 Å². The van der Waals surface area contributed by atoms with Crippen molar-refractivity contribution in [2.45, 2.75) is 46.0 Å². The molecule has 0 aromatic rings. The summed E-state index contributed by atoms with van der Waals surface area (Å²) in [7, 11) is 1.32. The summed E-state index contributed by atoms with van der Waals surface area (Å²) < 4.78 is 19.4. The van der Waals surface area contributed by atoms with Gasteiger partial charge in [0.2, 0.25) is 6.29 Å². The number of amides is 1. The lowest BCUT2D eigenvalue weighted by atomic mass is 9.94. The molecule has 0 aliphatic heterocycles. The standard InChI is InChI=1S/C17H30N2O11/c1-11(2)5-13(6-15(20)21)7-18-17(23)29-12(3)28-16(22)10-27-9-14(8-26-4)30-19(24)25/h11-14H,5-10H2,1-4H3,(H,18,23)(H,20,21)/t12?,13-,14+/m0/s1. The highest BCUT2D eigenvalue weighted by molar-refractivity contribution is 5.71. The minimum absolute atomic E-state index is 0.0927. The molecule has 0 rings (SSSR count). The van der Waals surface area contributed by atoms with Crippen LogP contribution in [0.3, 0.4) is 0 Å². The third-order valence-corrected chi connectivity index (χ3v) is 3.48. The van der Waals surface area contributed by atoms with E-state index in [-0.39, 0.29) is 38.0 Å². The van der Waals surface area contributed by atoms with Gasteiger partial charge in [0.15, 0.2) is 6.10 Å². The lowest BCUT2D eigenvalue weighted by molar-refractivity contribution is -0.769. The summed E-state index contributed by atoms with van der Waals surface area (Å²) >= 11 is 0. The van der Waals surface area contributed by atoms with Gasteiger partial charge in [-0.3, -0.25) is 4.79 Å². The van der Waals surface area contributed by atoms with Gasteiger partial charge in [0.25, 0.3) is 5.09 Å². The number of carbonyl (C=O) groups excluding carboxylic acids is 2. The molecule has 30 heavy (non-hydrogen) atoms. The number of carboxylic acids is 1. The molecule has 3 atom stereocenters. The summed E-state index contributed by atoms with van der Waals surface area (Å²) in [4.78, 5) is 49.0. The van der Waals surface area contributed by atoms with Crippen molar-refractivity contribution in [2.24, 2.45) is 11.8 Å². The normalized spacial score (nSPS) is 13.8. The van der Waals surface area contributed by atoms with Crippen molar-refractivity contribution < 1.29 is 48.4 Å². The molecule has 13 heteroatoms. The molecule has 0 fully saturated rings. The number of rotatable bonds is 16. The number of carboxylic acid groups (broad SMARTS) is 1. The van der Waals surface area contributed by atoms with Gasteiger partial charge in [0.05, 0.1) is 13.2 Å². The number of carbonyl (C=O) groups is 3. The topological polar surface area (TPSA) is 173 Å². The van der Waals surface area contributed by atoms with Crippen LogP contribution in [0.4, 0.5) is 4.79 Å². The maximum Gasteiger partial charge on any atom is 0.410 e. The van der Waals surface area contributed by atoms with Crippen molar-refractivity contribution in [3.05, 3.63) is 10.1 Å². The predicted molar refractivity (Wildman–Crippen MR) is 99.8 cm³/mol. The zero-order valence-electron chi connectivity index (χ0n) is 17.5. The van der Waals surface area contributed by atoms with Crippen LogP contribution >= 0.6 is 0 Å². The number of methoxy groups -OCH3 is 1. The molecule has 2 N–H and O–H groups in total. The van der Waals surface area contributed by atoms with Crippen LogP contribution in [0.25, 0.3) is 0 Å². The molecule has 0 heterocycles. The van der Waals surface area contributed by atoms with Gasteiger partial charge in [-0.15, -0.1) is 10.1 Å². The molecule has 0 aromatic heterocycles. The SMILES string of the molecule is COC[C@H](COCC(=O)OC(C)OC(=O)NC[C@H](CC(=O)O)CC(C)C)O[N+](=O)[O-]. The van der Waals surface area contributed by atoms with Gasteiger partial charge in [0.1, 0.15) is 6.61 Å². The van der Waals surface area contributed by atoms with E-state index in [4.69, 9.17) is 24.1 Å². The minimum Gasteiger partial charge on any atom is -0.481 e. The fraction of sp³-hybridized carbons (Fsp3) is 0.824. The molecule has 1 amide bonds. The van der Waals surface area contributed by atoms with Gasteiger partial charge < -0.3 is 34.2 Å². The first-order chi connectivity index (χ1) is 14.0. The van der Waals surface area contributed by atoms with E-state index in [1.54, 1.807) is 0 Å². The Morgan fingerprint density at radius 2 is 1.80 bits per heavy atom. The Hall–Kier alpha value is -2.67.